The maximum Gasteiger partial charge on any atom is 0.179 e. The Kier molecular flexibility index (Phi) is 3.43. The summed E-state index contributed by atoms with van der Waals surface area (Å²) in [5, 5.41) is 0. The number of ketones is 1. The van der Waals surface area contributed by atoms with E-state index >= 15 is 0 Å². The molecule has 2 nitrogen and oxygen atoms in total. The topological polar surface area (TPSA) is 22.0 Å². The molecule has 0 amide bonds. The number of fused-ring (bicyclic) bond motifs is 1. The van der Waals surface area contributed by atoms with E-state index in [0.29, 0.717) is 0 Å². The van der Waals surface area contributed by atoms with Gasteiger partial charge in [0.2, 0.25) is 0 Å². The Hall–Kier alpha value is -1.54. The predicted octanol–water partition coefficient (Wildman–Crippen LogP) is 4.00. The molecule has 3 rings (SSSR count). The second-order valence-electron chi connectivity index (χ2n) is 5.48. The zero-order valence-electron chi connectivity index (χ0n) is 11.9. The summed E-state index contributed by atoms with van der Waals surface area (Å²) in [5.74, 6) is 0.0289. The molecule has 0 bridgehead atoms. The molecule has 0 aliphatic heterocycles. The first kappa shape index (κ1) is 13.4. The number of benzene rings is 1. The highest BCUT2D eigenvalue weighted by atomic mass is 35.5. The summed E-state index contributed by atoms with van der Waals surface area (Å²) in [6.07, 6.45) is 3.60. The Labute approximate surface area is 124 Å². The lowest BCUT2D eigenvalue weighted by atomic mass is 10.1. The maximum atomic E-state index is 11.9. The van der Waals surface area contributed by atoms with Crippen LogP contribution in [0.25, 0.3) is 5.69 Å². The average molecular weight is 288 g/mol. The first-order valence-corrected chi connectivity index (χ1v) is 7.55. The van der Waals surface area contributed by atoms with Crippen LogP contribution in [-0.4, -0.2) is 16.2 Å². The van der Waals surface area contributed by atoms with Crippen molar-refractivity contribution in [3.63, 3.8) is 0 Å². The fraction of sp³-hybridized carbons (Fsp3) is 0.353. The zero-order chi connectivity index (χ0) is 14.3. The van der Waals surface area contributed by atoms with Crippen LogP contribution < -0.4 is 0 Å². The SMILES string of the molecule is Cc1cc(C(=O)CCl)c(C)n1-c1ccc2c(c1)CCC2. The zero-order valence-corrected chi connectivity index (χ0v) is 12.6. The molecule has 1 aromatic carbocycles. The summed E-state index contributed by atoms with van der Waals surface area (Å²) in [6, 6.07) is 8.57. The van der Waals surface area contributed by atoms with Crippen LogP contribution in [0.5, 0.6) is 0 Å². The third kappa shape index (κ3) is 2.08. The number of carbonyl (C=O) groups excluding carboxylic acids is 1. The number of hydrogen-bond donors (Lipinski definition) is 0. The van der Waals surface area contributed by atoms with Crippen molar-refractivity contribution in [2.75, 3.05) is 5.88 Å². The highest BCUT2D eigenvalue weighted by Gasteiger charge is 2.17. The Morgan fingerprint density at radius 3 is 2.70 bits per heavy atom. The number of Topliss-reactive ketones (excluding diaryl/α,β-unsaturated/α-hetero) is 1. The lowest BCUT2D eigenvalue weighted by molar-refractivity contribution is 0.102. The van der Waals surface area contributed by atoms with Crippen molar-refractivity contribution in [2.24, 2.45) is 0 Å². The van der Waals surface area contributed by atoms with E-state index in [1.54, 1.807) is 0 Å². The van der Waals surface area contributed by atoms with Crippen molar-refractivity contribution in [3.05, 3.63) is 52.3 Å². The fourth-order valence-corrected chi connectivity index (χ4v) is 3.36. The summed E-state index contributed by atoms with van der Waals surface area (Å²) >= 11 is 5.68. The van der Waals surface area contributed by atoms with Gasteiger partial charge in [0.1, 0.15) is 0 Å². The van der Waals surface area contributed by atoms with Crippen molar-refractivity contribution in [1.29, 1.82) is 0 Å². The molecule has 20 heavy (non-hydrogen) atoms. The molecule has 104 valence electrons. The molecule has 0 fully saturated rings. The minimum absolute atomic E-state index is 0.00724. The van der Waals surface area contributed by atoms with Gasteiger partial charge >= 0.3 is 0 Å². The molecule has 0 atom stereocenters. The minimum atomic E-state index is -0.00724. The highest BCUT2D eigenvalue weighted by Crippen LogP contribution is 2.27. The van der Waals surface area contributed by atoms with Gasteiger partial charge < -0.3 is 4.57 Å². The van der Waals surface area contributed by atoms with E-state index in [-0.39, 0.29) is 11.7 Å². The van der Waals surface area contributed by atoms with Crippen LogP contribution in [0.1, 0.15) is 39.3 Å². The first-order chi connectivity index (χ1) is 9.61. The first-order valence-electron chi connectivity index (χ1n) is 7.02. The number of carbonyl (C=O) groups is 1. The molecule has 3 heteroatoms. The average Bonchev–Trinajstić information content (AvgIpc) is 3.01. The van der Waals surface area contributed by atoms with Crippen LogP contribution in [0.4, 0.5) is 0 Å². The Morgan fingerprint density at radius 2 is 1.95 bits per heavy atom. The second-order valence-corrected chi connectivity index (χ2v) is 5.75. The molecule has 0 unspecified atom stereocenters. The van der Waals surface area contributed by atoms with Crippen LogP contribution in [0, 0.1) is 13.8 Å². The van der Waals surface area contributed by atoms with Crippen molar-refractivity contribution in [1.82, 2.24) is 4.57 Å². The van der Waals surface area contributed by atoms with Crippen molar-refractivity contribution in [3.8, 4) is 5.69 Å². The lowest BCUT2D eigenvalue weighted by Gasteiger charge is -2.11. The van der Waals surface area contributed by atoms with Gasteiger partial charge in [0.05, 0.1) is 5.88 Å². The van der Waals surface area contributed by atoms with Crippen LogP contribution >= 0.6 is 11.6 Å². The third-order valence-electron chi connectivity index (χ3n) is 4.19. The van der Waals surface area contributed by atoms with Gasteiger partial charge in [-0.2, -0.15) is 0 Å². The summed E-state index contributed by atoms with van der Waals surface area (Å²) in [7, 11) is 0. The van der Waals surface area contributed by atoms with Gasteiger partial charge in [-0.05, 0) is 62.4 Å². The van der Waals surface area contributed by atoms with E-state index in [0.717, 1.165) is 29.1 Å². The molecule has 1 aliphatic carbocycles. The van der Waals surface area contributed by atoms with Gasteiger partial charge in [-0.25, -0.2) is 0 Å². The van der Waals surface area contributed by atoms with Gasteiger partial charge in [-0.15, -0.1) is 11.6 Å². The molecule has 1 aliphatic rings. The Morgan fingerprint density at radius 1 is 1.20 bits per heavy atom. The van der Waals surface area contributed by atoms with E-state index in [9.17, 15) is 4.79 Å². The number of aromatic nitrogens is 1. The quantitative estimate of drug-likeness (QED) is 0.618. The van der Waals surface area contributed by atoms with Gasteiger partial charge in [-0.1, -0.05) is 6.07 Å². The second kappa shape index (κ2) is 5.10. The molecule has 2 aromatic rings. The molecule has 0 spiro atoms. The van der Waals surface area contributed by atoms with Gasteiger partial charge in [-0.3, -0.25) is 4.79 Å². The van der Waals surface area contributed by atoms with Crippen LogP contribution in [0.3, 0.4) is 0 Å². The summed E-state index contributed by atoms with van der Waals surface area (Å²) in [4.78, 5) is 11.9. The molecule has 0 saturated carbocycles. The van der Waals surface area contributed by atoms with E-state index in [1.165, 1.54) is 24.0 Å². The lowest BCUT2D eigenvalue weighted by Crippen LogP contribution is -2.04. The molecular formula is C17H18ClNO. The molecule has 0 radical (unpaired) electrons. The monoisotopic (exact) mass is 287 g/mol. The molecular weight excluding hydrogens is 270 g/mol. The van der Waals surface area contributed by atoms with Crippen molar-refractivity contribution in [2.45, 2.75) is 33.1 Å². The molecule has 0 saturated heterocycles. The Balaban J connectivity index is 2.10. The van der Waals surface area contributed by atoms with Gasteiger partial charge in [0.25, 0.3) is 0 Å². The fourth-order valence-electron chi connectivity index (χ4n) is 3.21. The van der Waals surface area contributed by atoms with E-state index < -0.39 is 0 Å². The standard InChI is InChI=1S/C17H18ClNO/c1-11-8-16(17(20)10-18)12(2)19(11)15-7-6-13-4-3-5-14(13)9-15/h6-9H,3-5,10H2,1-2H3. The van der Waals surface area contributed by atoms with Crippen LogP contribution in [0.2, 0.25) is 0 Å². The van der Waals surface area contributed by atoms with Gasteiger partial charge in [0.15, 0.2) is 5.78 Å². The van der Waals surface area contributed by atoms with Crippen LogP contribution in [0.15, 0.2) is 24.3 Å². The largest absolute Gasteiger partial charge is 0.318 e. The summed E-state index contributed by atoms with van der Waals surface area (Å²) in [5.41, 5.74) is 6.85. The van der Waals surface area contributed by atoms with Crippen molar-refractivity contribution >= 4 is 17.4 Å². The normalized spacial score (nSPS) is 13.6. The number of nitrogens with zero attached hydrogens (tertiary/aromatic N) is 1. The smallest absolute Gasteiger partial charge is 0.179 e. The van der Waals surface area contributed by atoms with Crippen LogP contribution in [-0.2, 0) is 12.8 Å². The molecule has 1 heterocycles. The number of alkyl halides is 1. The van der Waals surface area contributed by atoms with E-state index in [2.05, 4.69) is 22.8 Å². The van der Waals surface area contributed by atoms with E-state index in [4.69, 9.17) is 11.6 Å². The molecule has 1 aromatic heterocycles. The number of aryl methyl sites for hydroxylation is 3. The number of rotatable bonds is 3. The summed E-state index contributed by atoms with van der Waals surface area (Å²) < 4.78 is 2.15. The summed E-state index contributed by atoms with van der Waals surface area (Å²) in [6.45, 7) is 4.02. The number of halogens is 1. The van der Waals surface area contributed by atoms with Crippen molar-refractivity contribution < 1.29 is 4.79 Å². The third-order valence-corrected chi connectivity index (χ3v) is 4.44. The van der Waals surface area contributed by atoms with Gasteiger partial charge in [0, 0.05) is 22.6 Å². The predicted molar refractivity (Wildman–Crippen MR) is 82.3 cm³/mol. The number of hydrogen-bond acceptors (Lipinski definition) is 1. The molecule has 0 N–H and O–H groups in total. The Bertz CT molecular complexity index is 685. The van der Waals surface area contributed by atoms with E-state index in [1.807, 2.05) is 19.9 Å². The minimum Gasteiger partial charge on any atom is -0.318 e. The maximum absolute atomic E-state index is 11.9. The highest BCUT2D eigenvalue weighted by molar-refractivity contribution is 6.30.